The van der Waals surface area contributed by atoms with Crippen LogP contribution < -0.4 is 10.1 Å². The molecule has 1 N–H and O–H groups in total. The Morgan fingerprint density at radius 3 is 2.42 bits per heavy atom. The minimum Gasteiger partial charge on any atom is -0.497 e. The van der Waals surface area contributed by atoms with Crippen molar-refractivity contribution < 1.29 is 28.2 Å². The predicted molar refractivity (Wildman–Crippen MR) is 144 cm³/mol. The Labute approximate surface area is 223 Å². The average Bonchev–Trinajstić information content (AvgIpc) is 2.94. The van der Waals surface area contributed by atoms with Gasteiger partial charge in [0.25, 0.3) is 0 Å². The SMILES string of the molecule is COC(=O)c1ccc(NC(=O)[C@@H]2CC(=O)N(CCc3ccc(OC)cc3)C(=Nc3ccccc3F)S2)cc1. The second-order valence-electron chi connectivity index (χ2n) is 8.36. The van der Waals surface area contributed by atoms with Crippen LogP contribution in [0.15, 0.2) is 77.8 Å². The Hall–Kier alpha value is -4.18. The van der Waals surface area contributed by atoms with E-state index >= 15 is 0 Å². The average molecular weight is 536 g/mol. The number of amides is 2. The van der Waals surface area contributed by atoms with Gasteiger partial charge in [0.05, 0.1) is 19.8 Å². The van der Waals surface area contributed by atoms with Crippen LogP contribution in [0.3, 0.4) is 0 Å². The van der Waals surface area contributed by atoms with Crippen molar-refractivity contribution in [1.82, 2.24) is 4.90 Å². The van der Waals surface area contributed by atoms with E-state index in [0.717, 1.165) is 23.1 Å². The lowest BCUT2D eigenvalue weighted by Crippen LogP contribution is -2.46. The van der Waals surface area contributed by atoms with E-state index < -0.39 is 22.9 Å². The molecule has 1 atom stereocenters. The number of aliphatic imine (C=N–C) groups is 1. The van der Waals surface area contributed by atoms with Crippen LogP contribution >= 0.6 is 11.8 Å². The second kappa shape index (κ2) is 12.4. The maximum Gasteiger partial charge on any atom is 0.337 e. The molecule has 38 heavy (non-hydrogen) atoms. The number of halogens is 1. The highest BCUT2D eigenvalue weighted by molar-refractivity contribution is 8.15. The lowest BCUT2D eigenvalue weighted by Gasteiger charge is -2.32. The molecule has 1 aliphatic heterocycles. The molecule has 4 rings (SSSR count). The molecule has 0 aliphatic carbocycles. The lowest BCUT2D eigenvalue weighted by atomic mass is 10.1. The van der Waals surface area contributed by atoms with Gasteiger partial charge in [0.2, 0.25) is 11.8 Å². The van der Waals surface area contributed by atoms with Crippen LogP contribution in [0, 0.1) is 5.82 Å². The number of carbonyl (C=O) groups is 3. The number of anilines is 1. The number of hydrogen-bond donors (Lipinski definition) is 1. The number of nitrogens with zero attached hydrogens (tertiary/aromatic N) is 2. The first-order valence-electron chi connectivity index (χ1n) is 11.8. The molecule has 0 aromatic heterocycles. The van der Waals surface area contributed by atoms with Gasteiger partial charge in [-0.15, -0.1) is 0 Å². The number of amidine groups is 1. The van der Waals surface area contributed by atoms with Crippen molar-refractivity contribution >= 4 is 46.1 Å². The Bertz CT molecular complexity index is 1350. The third-order valence-corrected chi connectivity index (χ3v) is 7.05. The summed E-state index contributed by atoms with van der Waals surface area (Å²) in [5, 5.41) is 2.25. The van der Waals surface area contributed by atoms with Gasteiger partial charge in [-0.3, -0.25) is 14.5 Å². The van der Waals surface area contributed by atoms with Crippen LogP contribution in [0.4, 0.5) is 15.8 Å². The van der Waals surface area contributed by atoms with Crippen molar-refractivity contribution in [3.63, 3.8) is 0 Å². The smallest absolute Gasteiger partial charge is 0.337 e. The molecule has 196 valence electrons. The molecule has 0 radical (unpaired) electrons. The third kappa shape index (κ3) is 6.57. The molecule has 3 aromatic carbocycles. The summed E-state index contributed by atoms with van der Waals surface area (Å²) in [7, 11) is 2.88. The van der Waals surface area contributed by atoms with E-state index in [4.69, 9.17) is 4.74 Å². The van der Waals surface area contributed by atoms with Crippen LogP contribution in [0.25, 0.3) is 0 Å². The van der Waals surface area contributed by atoms with Gasteiger partial charge in [0.1, 0.15) is 22.5 Å². The molecule has 1 heterocycles. The molecule has 3 aromatic rings. The molecule has 1 aliphatic rings. The van der Waals surface area contributed by atoms with Gasteiger partial charge in [-0.2, -0.15) is 0 Å². The Balaban J connectivity index is 1.52. The maximum atomic E-state index is 14.4. The zero-order valence-corrected chi connectivity index (χ0v) is 21.7. The van der Waals surface area contributed by atoms with Gasteiger partial charge in [0.15, 0.2) is 5.17 Å². The summed E-state index contributed by atoms with van der Waals surface area (Å²) in [6.07, 6.45) is 0.492. The number of para-hydroxylation sites is 1. The first-order chi connectivity index (χ1) is 18.4. The van der Waals surface area contributed by atoms with Crippen molar-refractivity contribution in [2.24, 2.45) is 4.99 Å². The van der Waals surface area contributed by atoms with Gasteiger partial charge in [0, 0.05) is 18.7 Å². The summed E-state index contributed by atoms with van der Waals surface area (Å²) < 4.78 is 24.3. The lowest BCUT2D eigenvalue weighted by molar-refractivity contribution is -0.129. The van der Waals surface area contributed by atoms with E-state index in [1.54, 1.807) is 31.4 Å². The van der Waals surface area contributed by atoms with Crippen molar-refractivity contribution in [2.75, 3.05) is 26.1 Å². The van der Waals surface area contributed by atoms with Gasteiger partial charge >= 0.3 is 5.97 Å². The van der Waals surface area contributed by atoms with Crippen molar-refractivity contribution in [3.8, 4) is 5.75 Å². The number of ether oxygens (including phenoxy) is 2. The van der Waals surface area contributed by atoms with Gasteiger partial charge in [-0.1, -0.05) is 36.0 Å². The Kier molecular flexibility index (Phi) is 8.75. The molecule has 0 spiro atoms. The van der Waals surface area contributed by atoms with Crippen LogP contribution in [-0.4, -0.2) is 53.9 Å². The topological polar surface area (TPSA) is 97.3 Å². The fourth-order valence-corrected chi connectivity index (χ4v) is 4.89. The zero-order chi connectivity index (χ0) is 27.1. The summed E-state index contributed by atoms with van der Waals surface area (Å²) in [5.74, 6) is -0.965. The minimum atomic E-state index is -0.773. The van der Waals surface area contributed by atoms with E-state index in [-0.39, 0.29) is 23.2 Å². The fourth-order valence-electron chi connectivity index (χ4n) is 3.77. The first kappa shape index (κ1) is 26.9. The molecule has 1 fully saturated rings. The molecular weight excluding hydrogens is 509 g/mol. The molecule has 0 saturated carbocycles. The first-order valence-corrected chi connectivity index (χ1v) is 12.7. The third-order valence-electron chi connectivity index (χ3n) is 5.86. The van der Waals surface area contributed by atoms with Crippen molar-refractivity contribution in [1.29, 1.82) is 0 Å². The normalized spacial score (nSPS) is 16.3. The Morgan fingerprint density at radius 1 is 1.05 bits per heavy atom. The highest BCUT2D eigenvalue weighted by Gasteiger charge is 2.36. The van der Waals surface area contributed by atoms with Gasteiger partial charge in [-0.25, -0.2) is 14.2 Å². The second-order valence-corrected chi connectivity index (χ2v) is 9.53. The summed E-state index contributed by atoms with van der Waals surface area (Å²) in [6, 6.07) is 19.8. The van der Waals surface area contributed by atoms with Crippen LogP contribution in [-0.2, 0) is 20.7 Å². The summed E-state index contributed by atoms with van der Waals surface area (Å²) in [4.78, 5) is 43.8. The molecule has 0 bridgehead atoms. The number of rotatable bonds is 8. The number of carbonyl (C=O) groups excluding carboxylic acids is 3. The Morgan fingerprint density at radius 2 is 1.76 bits per heavy atom. The van der Waals surface area contributed by atoms with E-state index in [1.165, 1.54) is 36.3 Å². The predicted octanol–water partition coefficient (Wildman–Crippen LogP) is 4.82. The zero-order valence-electron chi connectivity index (χ0n) is 20.8. The molecule has 10 heteroatoms. The largest absolute Gasteiger partial charge is 0.497 e. The summed E-state index contributed by atoms with van der Waals surface area (Å²) >= 11 is 1.11. The number of thioether (sulfide) groups is 1. The summed E-state index contributed by atoms with van der Waals surface area (Å²) in [6.45, 7) is 0.314. The minimum absolute atomic E-state index is 0.0460. The standard InChI is InChI=1S/C28H26FN3O5S/c1-36-21-13-7-18(8-14-21)15-16-32-25(33)17-24(38-28(32)31-23-6-4-3-5-22(23)29)26(34)30-20-11-9-19(10-12-20)27(35)37-2/h3-14,24H,15-17H2,1-2H3,(H,30,34)/t24-/m0/s1. The van der Waals surface area contributed by atoms with E-state index in [0.29, 0.717) is 24.2 Å². The molecule has 8 nitrogen and oxygen atoms in total. The molecule has 1 saturated heterocycles. The number of esters is 1. The van der Waals surface area contributed by atoms with E-state index in [1.807, 2.05) is 24.3 Å². The quantitative estimate of drug-likeness (QED) is 0.415. The van der Waals surface area contributed by atoms with Gasteiger partial charge in [-0.05, 0) is 60.5 Å². The van der Waals surface area contributed by atoms with E-state index in [2.05, 4.69) is 15.0 Å². The van der Waals surface area contributed by atoms with Crippen molar-refractivity contribution in [2.45, 2.75) is 18.1 Å². The number of hydrogen-bond acceptors (Lipinski definition) is 7. The molecular formula is C28H26FN3O5S. The summed E-state index contributed by atoms with van der Waals surface area (Å²) in [5.41, 5.74) is 1.88. The number of methoxy groups -OCH3 is 2. The molecule has 2 amide bonds. The monoisotopic (exact) mass is 535 g/mol. The number of benzene rings is 3. The highest BCUT2D eigenvalue weighted by atomic mass is 32.2. The van der Waals surface area contributed by atoms with Gasteiger partial charge < -0.3 is 14.8 Å². The van der Waals surface area contributed by atoms with Crippen LogP contribution in [0.5, 0.6) is 5.75 Å². The highest BCUT2D eigenvalue weighted by Crippen LogP contribution is 2.31. The fraction of sp³-hybridized carbons (Fsp3) is 0.214. The maximum absolute atomic E-state index is 14.4. The number of nitrogens with one attached hydrogen (secondary N) is 1. The van der Waals surface area contributed by atoms with E-state index in [9.17, 15) is 18.8 Å². The molecule has 0 unspecified atom stereocenters. The van der Waals surface area contributed by atoms with Crippen molar-refractivity contribution in [3.05, 3.63) is 89.7 Å². The van der Waals surface area contributed by atoms with Crippen LogP contribution in [0.1, 0.15) is 22.3 Å². The van der Waals surface area contributed by atoms with Crippen LogP contribution in [0.2, 0.25) is 0 Å².